The van der Waals surface area contributed by atoms with E-state index in [1.807, 2.05) is 12.1 Å². The number of aliphatic hydroxyl groups is 1. The van der Waals surface area contributed by atoms with E-state index < -0.39 is 0 Å². The number of β-amino-alcohol motifs (C(OH)–C–C–N with tert-alkyl or cyclic N) is 1. The number of hydrogen-bond acceptors (Lipinski definition) is 3. The van der Waals surface area contributed by atoms with E-state index in [-0.39, 0.29) is 11.9 Å². The Morgan fingerprint density at radius 3 is 2.25 bits per heavy atom. The molecule has 1 N–H and O–H groups in total. The van der Waals surface area contributed by atoms with Crippen molar-refractivity contribution in [1.82, 2.24) is 9.80 Å². The van der Waals surface area contributed by atoms with Gasteiger partial charge in [-0.2, -0.15) is 0 Å². The molecule has 2 aliphatic rings. The number of nitrogens with zero attached hydrogens (tertiary/aromatic N) is 2. The molecular formula is C16H23FN2O. The normalized spacial score (nSPS) is 22.9. The summed E-state index contributed by atoms with van der Waals surface area (Å²) in [6, 6.07) is 6.77. The van der Waals surface area contributed by atoms with Crippen molar-refractivity contribution in [2.45, 2.75) is 25.5 Å². The van der Waals surface area contributed by atoms with Crippen LogP contribution in [0.3, 0.4) is 0 Å². The summed E-state index contributed by atoms with van der Waals surface area (Å²) < 4.78 is 12.9. The van der Waals surface area contributed by atoms with Gasteiger partial charge in [-0.15, -0.1) is 0 Å². The molecule has 0 amide bonds. The van der Waals surface area contributed by atoms with Crippen LogP contribution < -0.4 is 0 Å². The molecule has 1 aromatic rings. The monoisotopic (exact) mass is 278 g/mol. The SMILES string of the molecule is OC(CN1CCN(Cc2ccc(F)cc2)CC1)C1CC1. The van der Waals surface area contributed by atoms with Gasteiger partial charge in [-0.3, -0.25) is 9.80 Å². The van der Waals surface area contributed by atoms with Gasteiger partial charge in [0.2, 0.25) is 0 Å². The van der Waals surface area contributed by atoms with Gasteiger partial charge < -0.3 is 5.11 Å². The summed E-state index contributed by atoms with van der Waals surface area (Å²) in [7, 11) is 0. The van der Waals surface area contributed by atoms with Crippen LogP contribution in [0.2, 0.25) is 0 Å². The van der Waals surface area contributed by atoms with E-state index in [1.54, 1.807) is 0 Å². The maximum atomic E-state index is 12.9. The van der Waals surface area contributed by atoms with E-state index >= 15 is 0 Å². The molecule has 1 aromatic carbocycles. The Kier molecular flexibility index (Phi) is 4.34. The van der Waals surface area contributed by atoms with Crippen LogP contribution in [0.15, 0.2) is 24.3 Å². The van der Waals surface area contributed by atoms with Crippen molar-refractivity contribution in [2.75, 3.05) is 32.7 Å². The lowest BCUT2D eigenvalue weighted by atomic mass is 10.1. The predicted octanol–water partition coefficient (Wildman–Crippen LogP) is 1.71. The number of rotatable bonds is 5. The van der Waals surface area contributed by atoms with Gasteiger partial charge in [0, 0.05) is 39.3 Å². The standard InChI is InChI=1S/C16H23FN2O/c17-15-5-1-13(2-6-15)11-18-7-9-19(10-8-18)12-16(20)14-3-4-14/h1-2,5-6,14,16,20H,3-4,7-12H2. The van der Waals surface area contributed by atoms with Gasteiger partial charge in [-0.05, 0) is 36.5 Å². The van der Waals surface area contributed by atoms with Crippen LogP contribution in [-0.2, 0) is 6.54 Å². The Morgan fingerprint density at radius 2 is 1.65 bits per heavy atom. The lowest BCUT2D eigenvalue weighted by molar-refractivity contribution is 0.0602. The molecule has 110 valence electrons. The minimum absolute atomic E-state index is 0.126. The maximum Gasteiger partial charge on any atom is 0.123 e. The number of halogens is 1. The van der Waals surface area contributed by atoms with E-state index in [2.05, 4.69) is 9.80 Å². The highest BCUT2D eigenvalue weighted by atomic mass is 19.1. The van der Waals surface area contributed by atoms with Crippen LogP contribution in [-0.4, -0.2) is 53.7 Å². The van der Waals surface area contributed by atoms with Crippen LogP contribution in [0.1, 0.15) is 18.4 Å². The zero-order valence-electron chi connectivity index (χ0n) is 11.8. The van der Waals surface area contributed by atoms with E-state index in [0.29, 0.717) is 5.92 Å². The first-order valence-electron chi connectivity index (χ1n) is 7.58. The lowest BCUT2D eigenvalue weighted by Crippen LogP contribution is -2.48. The predicted molar refractivity (Wildman–Crippen MR) is 76.8 cm³/mol. The molecule has 3 rings (SSSR count). The Hall–Kier alpha value is -0.970. The molecule has 0 spiro atoms. The van der Waals surface area contributed by atoms with Gasteiger partial charge in [0.25, 0.3) is 0 Å². The Balaban J connectivity index is 1.42. The lowest BCUT2D eigenvalue weighted by Gasteiger charge is -2.35. The van der Waals surface area contributed by atoms with Crippen LogP contribution >= 0.6 is 0 Å². The average molecular weight is 278 g/mol. The Morgan fingerprint density at radius 1 is 1.05 bits per heavy atom. The molecule has 2 fully saturated rings. The summed E-state index contributed by atoms with van der Waals surface area (Å²) >= 11 is 0. The molecule has 20 heavy (non-hydrogen) atoms. The summed E-state index contributed by atoms with van der Waals surface area (Å²) in [5.74, 6) is 0.389. The van der Waals surface area contributed by atoms with Crippen molar-refractivity contribution in [1.29, 1.82) is 0 Å². The van der Waals surface area contributed by atoms with Crippen molar-refractivity contribution in [3.8, 4) is 0 Å². The largest absolute Gasteiger partial charge is 0.392 e. The van der Waals surface area contributed by atoms with Crippen molar-refractivity contribution < 1.29 is 9.50 Å². The van der Waals surface area contributed by atoms with E-state index in [1.165, 1.54) is 25.0 Å². The van der Waals surface area contributed by atoms with Crippen LogP contribution in [0.4, 0.5) is 4.39 Å². The molecular weight excluding hydrogens is 255 g/mol. The molecule has 1 saturated carbocycles. The zero-order chi connectivity index (χ0) is 13.9. The van der Waals surface area contributed by atoms with Gasteiger partial charge in [-0.25, -0.2) is 4.39 Å². The van der Waals surface area contributed by atoms with E-state index in [0.717, 1.165) is 44.8 Å². The summed E-state index contributed by atoms with van der Waals surface area (Å²) in [6.45, 7) is 5.80. The molecule has 0 bridgehead atoms. The van der Waals surface area contributed by atoms with Gasteiger partial charge in [0.05, 0.1) is 6.10 Å². The Bertz CT molecular complexity index is 425. The number of piperazine rings is 1. The fourth-order valence-electron chi connectivity index (χ4n) is 2.87. The second kappa shape index (κ2) is 6.20. The molecule has 1 aliphatic heterocycles. The van der Waals surface area contributed by atoms with Gasteiger partial charge in [0.1, 0.15) is 5.82 Å². The fourth-order valence-corrected chi connectivity index (χ4v) is 2.87. The first-order valence-corrected chi connectivity index (χ1v) is 7.58. The highest BCUT2D eigenvalue weighted by molar-refractivity contribution is 5.15. The average Bonchev–Trinajstić information content (AvgIpc) is 3.28. The molecule has 1 saturated heterocycles. The molecule has 0 radical (unpaired) electrons. The van der Waals surface area contributed by atoms with E-state index in [9.17, 15) is 9.50 Å². The number of aliphatic hydroxyl groups excluding tert-OH is 1. The zero-order valence-corrected chi connectivity index (χ0v) is 11.8. The molecule has 4 heteroatoms. The van der Waals surface area contributed by atoms with Gasteiger partial charge in [-0.1, -0.05) is 12.1 Å². The smallest absolute Gasteiger partial charge is 0.123 e. The third-order valence-corrected chi connectivity index (χ3v) is 4.40. The van der Waals surface area contributed by atoms with Crippen LogP contribution in [0.5, 0.6) is 0 Å². The fraction of sp³-hybridized carbons (Fsp3) is 0.625. The second-order valence-corrected chi connectivity index (χ2v) is 6.11. The molecule has 3 nitrogen and oxygen atoms in total. The Labute approximate surface area is 120 Å². The van der Waals surface area contributed by atoms with Crippen molar-refractivity contribution >= 4 is 0 Å². The second-order valence-electron chi connectivity index (χ2n) is 6.11. The summed E-state index contributed by atoms with van der Waals surface area (Å²) in [5.41, 5.74) is 1.16. The minimum Gasteiger partial charge on any atom is -0.392 e. The van der Waals surface area contributed by atoms with Crippen LogP contribution in [0, 0.1) is 11.7 Å². The minimum atomic E-state index is -0.173. The van der Waals surface area contributed by atoms with Crippen LogP contribution in [0.25, 0.3) is 0 Å². The summed E-state index contributed by atoms with van der Waals surface area (Å²) in [4.78, 5) is 4.76. The third-order valence-electron chi connectivity index (χ3n) is 4.40. The molecule has 1 aliphatic carbocycles. The highest BCUT2D eigenvalue weighted by Gasteiger charge is 2.31. The van der Waals surface area contributed by atoms with Crippen molar-refractivity contribution in [3.63, 3.8) is 0 Å². The first-order chi connectivity index (χ1) is 9.70. The quantitative estimate of drug-likeness (QED) is 0.888. The molecule has 1 atom stereocenters. The maximum absolute atomic E-state index is 12.9. The van der Waals surface area contributed by atoms with E-state index in [4.69, 9.17) is 0 Å². The van der Waals surface area contributed by atoms with Crippen molar-refractivity contribution in [2.24, 2.45) is 5.92 Å². The molecule has 1 heterocycles. The van der Waals surface area contributed by atoms with Crippen molar-refractivity contribution in [3.05, 3.63) is 35.6 Å². The third kappa shape index (κ3) is 3.78. The first kappa shape index (κ1) is 14.0. The molecule has 1 unspecified atom stereocenters. The molecule has 0 aromatic heterocycles. The topological polar surface area (TPSA) is 26.7 Å². The van der Waals surface area contributed by atoms with Gasteiger partial charge in [0.15, 0.2) is 0 Å². The summed E-state index contributed by atoms with van der Waals surface area (Å²) in [6.07, 6.45) is 2.27. The number of hydrogen-bond donors (Lipinski definition) is 1. The highest BCUT2D eigenvalue weighted by Crippen LogP contribution is 2.32. The van der Waals surface area contributed by atoms with Gasteiger partial charge >= 0.3 is 0 Å². The summed E-state index contributed by atoms with van der Waals surface area (Å²) in [5, 5.41) is 9.98. The number of benzene rings is 1.